The van der Waals surface area contributed by atoms with E-state index >= 15 is 0 Å². The first-order chi connectivity index (χ1) is 7.09. The third kappa shape index (κ3) is 1.76. The highest BCUT2D eigenvalue weighted by Gasteiger charge is 2.26. The Labute approximate surface area is 90.3 Å². The Morgan fingerprint density at radius 1 is 1.40 bits per heavy atom. The van der Waals surface area contributed by atoms with Crippen LogP contribution in [0.5, 0.6) is 5.75 Å². The summed E-state index contributed by atoms with van der Waals surface area (Å²) in [4.78, 5) is 11.4. The predicted molar refractivity (Wildman–Crippen MR) is 59.2 cm³/mol. The van der Waals surface area contributed by atoms with Crippen LogP contribution < -0.4 is 4.74 Å². The molecular formula is C13H16O2. The van der Waals surface area contributed by atoms with Gasteiger partial charge in [-0.1, -0.05) is 39.0 Å². The number of rotatable bonds is 1. The summed E-state index contributed by atoms with van der Waals surface area (Å²) in [5.74, 6) is 1.36. The molecule has 0 saturated carbocycles. The minimum absolute atomic E-state index is 0.108. The fourth-order valence-corrected chi connectivity index (χ4v) is 2.05. The van der Waals surface area contributed by atoms with Crippen LogP contribution in [0, 0.1) is 0 Å². The molecule has 1 aromatic rings. The standard InChI is InChI=1S/C13H16O2/c1-8(2)10-5-4-6-11-9(3)7-12(14)15-13(10)11/h4-6,8-9H,7H2,1-3H3. The smallest absolute Gasteiger partial charge is 0.311 e. The molecule has 1 unspecified atom stereocenters. The summed E-state index contributed by atoms with van der Waals surface area (Å²) in [7, 11) is 0. The Morgan fingerprint density at radius 3 is 2.80 bits per heavy atom. The fourth-order valence-electron chi connectivity index (χ4n) is 2.05. The molecule has 0 fully saturated rings. The average molecular weight is 204 g/mol. The van der Waals surface area contributed by atoms with Gasteiger partial charge in [-0.2, -0.15) is 0 Å². The van der Waals surface area contributed by atoms with Crippen molar-refractivity contribution in [1.29, 1.82) is 0 Å². The van der Waals surface area contributed by atoms with Crippen molar-refractivity contribution in [3.8, 4) is 5.75 Å². The van der Waals surface area contributed by atoms with Crippen LogP contribution in [-0.4, -0.2) is 5.97 Å². The van der Waals surface area contributed by atoms with Crippen LogP contribution in [0.3, 0.4) is 0 Å². The Hall–Kier alpha value is -1.31. The van der Waals surface area contributed by atoms with Crippen molar-refractivity contribution >= 4 is 5.97 Å². The van der Waals surface area contributed by atoms with E-state index in [1.54, 1.807) is 0 Å². The fraction of sp³-hybridized carbons (Fsp3) is 0.462. The maximum atomic E-state index is 11.4. The molecule has 0 radical (unpaired) electrons. The number of hydrogen-bond donors (Lipinski definition) is 0. The van der Waals surface area contributed by atoms with Crippen molar-refractivity contribution in [3.63, 3.8) is 0 Å². The molecule has 2 nitrogen and oxygen atoms in total. The molecule has 1 aromatic carbocycles. The van der Waals surface area contributed by atoms with Crippen molar-refractivity contribution < 1.29 is 9.53 Å². The number of carbonyl (C=O) groups excluding carboxylic acids is 1. The lowest BCUT2D eigenvalue weighted by Crippen LogP contribution is -2.20. The molecule has 2 rings (SSSR count). The molecule has 0 saturated heterocycles. The number of fused-ring (bicyclic) bond motifs is 1. The Bertz CT molecular complexity index is 379. The minimum Gasteiger partial charge on any atom is -0.426 e. The molecule has 1 heterocycles. The van der Waals surface area contributed by atoms with Gasteiger partial charge in [-0.05, 0) is 23.0 Å². The summed E-state index contributed by atoms with van der Waals surface area (Å²) in [5.41, 5.74) is 2.30. The van der Waals surface area contributed by atoms with E-state index in [1.807, 2.05) is 12.1 Å². The molecule has 1 aliphatic heterocycles. The zero-order chi connectivity index (χ0) is 11.0. The van der Waals surface area contributed by atoms with E-state index in [4.69, 9.17) is 4.74 Å². The van der Waals surface area contributed by atoms with E-state index in [0.29, 0.717) is 12.3 Å². The number of esters is 1. The van der Waals surface area contributed by atoms with Crippen LogP contribution in [0.1, 0.15) is 50.2 Å². The summed E-state index contributed by atoms with van der Waals surface area (Å²) >= 11 is 0. The predicted octanol–water partition coefficient (Wildman–Crippen LogP) is 3.22. The van der Waals surface area contributed by atoms with Crippen molar-refractivity contribution in [2.24, 2.45) is 0 Å². The van der Waals surface area contributed by atoms with E-state index in [-0.39, 0.29) is 11.9 Å². The van der Waals surface area contributed by atoms with Gasteiger partial charge in [0, 0.05) is 0 Å². The van der Waals surface area contributed by atoms with Crippen LogP contribution in [0.25, 0.3) is 0 Å². The van der Waals surface area contributed by atoms with E-state index in [1.165, 1.54) is 5.56 Å². The van der Waals surface area contributed by atoms with Crippen molar-refractivity contribution in [3.05, 3.63) is 29.3 Å². The summed E-state index contributed by atoms with van der Waals surface area (Å²) in [6, 6.07) is 6.14. The third-order valence-corrected chi connectivity index (χ3v) is 2.92. The van der Waals surface area contributed by atoms with Crippen LogP contribution >= 0.6 is 0 Å². The molecule has 15 heavy (non-hydrogen) atoms. The lowest BCUT2D eigenvalue weighted by molar-refractivity contribution is -0.135. The molecule has 0 aromatic heterocycles. The SMILES string of the molecule is CC(C)c1cccc2c1OC(=O)CC2C. The molecule has 0 spiro atoms. The maximum absolute atomic E-state index is 11.4. The van der Waals surface area contributed by atoms with Gasteiger partial charge in [-0.3, -0.25) is 4.79 Å². The molecule has 0 aliphatic carbocycles. The molecule has 80 valence electrons. The number of para-hydroxylation sites is 1. The van der Waals surface area contributed by atoms with Crippen LogP contribution in [0.15, 0.2) is 18.2 Å². The summed E-state index contributed by atoms with van der Waals surface area (Å²) in [6.07, 6.45) is 0.495. The number of ether oxygens (including phenoxy) is 1. The average Bonchev–Trinajstić information content (AvgIpc) is 2.16. The first-order valence-corrected chi connectivity index (χ1v) is 5.43. The molecule has 0 amide bonds. The van der Waals surface area contributed by atoms with Gasteiger partial charge in [0.25, 0.3) is 0 Å². The van der Waals surface area contributed by atoms with Crippen molar-refractivity contribution in [1.82, 2.24) is 0 Å². The van der Waals surface area contributed by atoms with Gasteiger partial charge in [-0.25, -0.2) is 0 Å². The molecule has 0 bridgehead atoms. The Balaban J connectivity index is 2.54. The first kappa shape index (κ1) is 10.2. The molecule has 1 aliphatic rings. The van der Waals surface area contributed by atoms with E-state index in [2.05, 4.69) is 26.8 Å². The zero-order valence-corrected chi connectivity index (χ0v) is 9.41. The topological polar surface area (TPSA) is 26.3 Å². The van der Waals surface area contributed by atoms with E-state index < -0.39 is 0 Å². The molecular weight excluding hydrogens is 188 g/mol. The van der Waals surface area contributed by atoms with Gasteiger partial charge >= 0.3 is 5.97 Å². The number of benzene rings is 1. The second-order valence-corrected chi connectivity index (χ2v) is 4.50. The highest BCUT2D eigenvalue weighted by molar-refractivity contribution is 5.77. The second-order valence-electron chi connectivity index (χ2n) is 4.50. The number of hydrogen-bond acceptors (Lipinski definition) is 2. The normalized spacial score (nSPS) is 20.0. The highest BCUT2D eigenvalue weighted by atomic mass is 16.5. The quantitative estimate of drug-likeness (QED) is 0.518. The van der Waals surface area contributed by atoms with Crippen LogP contribution in [0.4, 0.5) is 0 Å². The Morgan fingerprint density at radius 2 is 2.13 bits per heavy atom. The third-order valence-electron chi connectivity index (χ3n) is 2.92. The lowest BCUT2D eigenvalue weighted by Gasteiger charge is -2.24. The zero-order valence-electron chi connectivity index (χ0n) is 9.41. The first-order valence-electron chi connectivity index (χ1n) is 5.43. The van der Waals surface area contributed by atoms with Crippen molar-refractivity contribution in [2.75, 3.05) is 0 Å². The van der Waals surface area contributed by atoms with E-state index in [0.717, 1.165) is 11.3 Å². The highest BCUT2D eigenvalue weighted by Crippen LogP contribution is 2.39. The molecule has 0 N–H and O–H groups in total. The molecule has 1 atom stereocenters. The summed E-state index contributed by atoms with van der Waals surface area (Å²) in [5, 5.41) is 0. The Kier molecular flexibility index (Phi) is 2.51. The minimum atomic E-state index is -0.108. The summed E-state index contributed by atoms with van der Waals surface area (Å²) < 4.78 is 5.36. The van der Waals surface area contributed by atoms with Gasteiger partial charge in [0.2, 0.25) is 0 Å². The van der Waals surface area contributed by atoms with Gasteiger partial charge in [0.15, 0.2) is 0 Å². The molecule has 2 heteroatoms. The summed E-state index contributed by atoms with van der Waals surface area (Å²) in [6.45, 7) is 6.30. The van der Waals surface area contributed by atoms with Crippen LogP contribution in [-0.2, 0) is 4.79 Å². The number of carbonyl (C=O) groups is 1. The van der Waals surface area contributed by atoms with Crippen LogP contribution in [0.2, 0.25) is 0 Å². The van der Waals surface area contributed by atoms with Gasteiger partial charge in [0.05, 0.1) is 6.42 Å². The second kappa shape index (κ2) is 3.69. The van der Waals surface area contributed by atoms with E-state index in [9.17, 15) is 4.79 Å². The largest absolute Gasteiger partial charge is 0.426 e. The van der Waals surface area contributed by atoms with Gasteiger partial charge < -0.3 is 4.74 Å². The maximum Gasteiger partial charge on any atom is 0.311 e. The van der Waals surface area contributed by atoms with Crippen molar-refractivity contribution in [2.45, 2.75) is 39.0 Å². The monoisotopic (exact) mass is 204 g/mol. The lowest BCUT2D eigenvalue weighted by atomic mass is 9.90. The van der Waals surface area contributed by atoms with Gasteiger partial charge in [0.1, 0.15) is 5.75 Å². The van der Waals surface area contributed by atoms with Gasteiger partial charge in [-0.15, -0.1) is 0 Å².